The molecular formula is C22H20N4O5. The van der Waals surface area contributed by atoms with Crippen molar-refractivity contribution in [3.8, 4) is 0 Å². The van der Waals surface area contributed by atoms with Crippen molar-refractivity contribution >= 4 is 34.8 Å². The second-order valence-corrected chi connectivity index (χ2v) is 8.51. The van der Waals surface area contributed by atoms with Crippen LogP contribution in [0.1, 0.15) is 19.4 Å². The number of nitrogens with one attached hydrogen (secondary N) is 2. The van der Waals surface area contributed by atoms with E-state index < -0.39 is 34.1 Å². The van der Waals surface area contributed by atoms with Crippen LogP contribution in [0.3, 0.4) is 0 Å². The zero-order valence-corrected chi connectivity index (χ0v) is 16.9. The lowest BCUT2D eigenvalue weighted by Crippen LogP contribution is -2.54. The molecule has 9 heteroatoms. The second-order valence-electron chi connectivity index (χ2n) is 8.51. The third-order valence-corrected chi connectivity index (χ3v) is 6.59. The van der Waals surface area contributed by atoms with E-state index in [-0.39, 0.29) is 29.2 Å². The van der Waals surface area contributed by atoms with E-state index in [1.54, 1.807) is 24.3 Å². The van der Waals surface area contributed by atoms with Crippen LogP contribution in [0.4, 0.5) is 17.1 Å². The molecule has 2 N–H and O–H groups in total. The molecule has 3 aliphatic heterocycles. The van der Waals surface area contributed by atoms with Gasteiger partial charge in [0.2, 0.25) is 17.7 Å². The number of hydrogen-bond acceptors (Lipinski definition) is 6. The van der Waals surface area contributed by atoms with Gasteiger partial charge in [0.05, 0.1) is 22.4 Å². The van der Waals surface area contributed by atoms with Crippen LogP contribution in [0.15, 0.2) is 48.5 Å². The molecule has 0 aromatic heterocycles. The summed E-state index contributed by atoms with van der Waals surface area (Å²) < 4.78 is 0. The van der Waals surface area contributed by atoms with Gasteiger partial charge < -0.3 is 5.32 Å². The Labute approximate surface area is 177 Å². The number of hydrogen-bond donors (Lipinski definition) is 2. The lowest BCUT2D eigenvalue weighted by atomic mass is 9.76. The van der Waals surface area contributed by atoms with E-state index in [2.05, 4.69) is 10.6 Å². The van der Waals surface area contributed by atoms with Gasteiger partial charge in [-0.3, -0.25) is 29.8 Å². The number of nitrogens with zero attached hydrogens (tertiary/aromatic N) is 2. The highest BCUT2D eigenvalue weighted by Crippen LogP contribution is 2.54. The van der Waals surface area contributed by atoms with Crippen LogP contribution in [-0.4, -0.2) is 28.7 Å². The van der Waals surface area contributed by atoms with Gasteiger partial charge in [0.1, 0.15) is 5.54 Å². The lowest BCUT2D eigenvalue weighted by Gasteiger charge is -2.30. The number of carbonyl (C=O) groups excluding carboxylic acids is 3. The molecule has 3 heterocycles. The first-order valence-electron chi connectivity index (χ1n) is 10.1. The molecule has 5 rings (SSSR count). The average Bonchev–Trinajstić information content (AvgIpc) is 3.33. The molecule has 1 spiro atoms. The van der Waals surface area contributed by atoms with Gasteiger partial charge >= 0.3 is 0 Å². The van der Waals surface area contributed by atoms with E-state index in [1.807, 2.05) is 13.8 Å². The molecule has 158 valence electrons. The molecule has 2 aromatic carbocycles. The summed E-state index contributed by atoms with van der Waals surface area (Å²) in [7, 11) is 0. The summed E-state index contributed by atoms with van der Waals surface area (Å²) >= 11 is 0. The van der Waals surface area contributed by atoms with Gasteiger partial charge in [0.15, 0.2) is 0 Å². The smallest absolute Gasteiger partial charge is 0.269 e. The first-order chi connectivity index (χ1) is 14.8. The van der Waals surface area contributed by atoms with Crippen molar-refractivity contribution in [3.05, 3.63) is 64.2 Å². The Hall–Kier alpha value is -3.59. The number of para-hydroxylation sites is 1. The SMILES string of the molecule is CC(C)[C@@H]1N[C@]2(C(=O)Nc3ccccc32)[C@H]2C(=O)N(c3ccc([N+](=O)[O-])cc3)C(=O)[C@H]12. The molecule has 0 radical (unpaired) electrons. The zero-order valence-electron chi connectivity index (χ0n) is 16.9. The molecule has 0 aliphatic carbocycles. The van der Waals surface area contributed by atoms with Gasteiger partial charge in [-0.05, 0) is 24.1 Å². The third kappa shape index (κ3) is 2.43. The van der Waals surface area contributed by atoms with Crippen LogP contribution >= 0.6 is 0 Å². The van der Waals surface area contributed by atoms with E-state index in [0.29, 0.717) is 11.3 Å². The van der Waals surface area contributed by atoms with Crippen molar-refractivity contribution in [1.82, 2.24) is 5.32 Å². The van der Waals surface area contributed by atoms with Crippen LogP contribution in [0.25, 0.3) is 0 Å². The molecule has 4 atom stereocenters. The predicted molar refractivity (Wildman–Crippen MR) is 111 cm³/mol. The Morgan fingerprint density at radius 3 is 2.35 bits per heavy atom. The van der Waals surface area contributed by atoms with E-state index in [4.69, 9.17) is 0 Å². The number of amides is 3. The van der Waals surface area contributed by atoms with Crippen LogP contribution in [0.2, 0.25) is 0 Å². The van der Waals surface area contributed by atoms with Crippen LogP contribution in [-0.2, 0) is 19.9 Å². The largest absolute Gasteiger partial charge is 0.324 e. The van der Waals surface area contributed by atoms with Crippen molar-refractivity contribution in [2.75, 3.05) is 10.2 Å². The number of nitro groups is 1. The normalized spacial score (nSPS) is 28.9. The highest BCUT2D eigenvalue weighted by molar-refractivity contribution is 6.25. The first kappa shape index (κ1) is 19.4. The van der Waals surface area contributed by atoms with E-state index in [0.717, 1.165) is 4.90 Å². The summed E-state index contributed by atoms with van der Waals surface area (Å²) in [6.45, 7) is 3.89. The summed E-state index contributed by atoms with van der Waals surface area (Å²) in [6.07, 6.45) is 0. The van der Waals surface area contributed by atoms with E-state index in [1.165, 1.54) is 24.3 Å². The molecule has 0 saturated carbocycles. The number of non-ortho nitro benzene ring substituents is 1. The number of fused-ring (bicyclic) bond motifs is 4. The minimum absolute atomic E-state index is 0.0130. The van der Waals surface area contributed by atoms with E-state index >= 15 is 0 Å². The minimum Gasteiger partial charge on any atom is -0.324 e. The average molecular weight is 420 g/mol. The fraction of sp³-hybridized carbons (Fsp3) is 0.318. The topological polar surface area (TPSA) is 122 Å². The lowest BCUT2D eigenvalue weighted by molar-refractivity contribution is -0.384. The maximum absolute atomic E-state index is 13.7. The Morgan fingerprint density at radius 2 is 1.71 bits per heavy atom. The minimum atomic E-state index is -1.33. The monoisotopic (exact) mass is 420 g/mol. The molecule has 3 aliphatic rings. The maximum Gasteiger partial charge on any atom is 0.269 e. The summed E-state index contributed by atoms with van der Waals surface area (Å²) in [4.78, 5) is 51.9. The summed E-state index contributed by atoms with van der Waals surface area (Å²) in [5.41, 5.74) is 0.0741. The number of carbonyl (C=O) groups is 3. The highest BCUT2D eigenvalue weighted by atomic mass is 16.6. The summed E-state index contributed by atoms with van der Waals surface area (Å²) in [5, 5.41) is 17.2. The van der Waals surface area contributed by atoms with E-state index in [9.17, 15) is 24.5 Å². The molecular weight excluding hydrogens is 400 g/mol. The Balaban J connectivity index is 1.64. The van der Waals surface area contributed by atoms with Crippen LogP contribution in [0, 0.1) is 27.9 Å². The van der Waals surface area contributed by atoms with Crippen LogP contribution in [0.5, 0.6) is 0 Å². The summed E-state index contributed by atoms with van der Waals surface area (Å²) in [6, 6.07) is 12.1. The Morgan fingerprint density at radius 1 is 1.03 bits per heavy atom. The predicted octanol–water partition coefficient (Wildman–Crippen LogP) is 2.18. The quantitative estimate of drug-likeness (QED) is 0.446. The zero-order chi connectivity index (χ0) is 22.1. The fourth-order valence-corrected chi connectivity index (χ4v) is 5.24. The molecule has 0 bridgehead atoms. The van der Waals surface area contributed by atoms with Gasteiger partial charge in [0.25, 0.3) is 5.69 Å². The molecule has 0 unspecified atom stereocenters. The van der Waals surface area contributed by atoms with Crippen molar-refractivity contribution in [2.24, 2.45) is 17.8 Å². The van der Waals surface area contributed by atoms with Gasteiger partial charge in [-0.1, -0.05) is 32.0 Å². The van der Waals surface area contributed by atoms with Crippen molar-refractivity contribution < 1.29 is 19.3 Å². The third-order valence-electron chi connectivity index (χ3n) is 6.59. The van der Waals surface area contributed by atoms with Gasteiger partial charge in [-0.25, -0.2) is 4.90 Å². The number of anilines is 2. The number of nitro benzene ring substituents is 1. The molecule has 2 fully saturated rings. The number of benzene rings is 2. The fourth-order valence-electron chi connectivity index (χ4n) is 5.24. The Kier molecular flexibility index (Phi) is 4.03. The van der Waals surface area contributed by atoms with Crippen molar-refractivity contribution in [1.29, 1.82) is 0 Å². The van der Waals surface area contributed by atoms with Crippen LogP contribution < -0.4 is 15.5 Å². The molecule has 2 aromatic rings. The molecule has 31 heavy (non-hydrogen) atoms. The molecule has 2 saturated heterocycles. The van der Waals surface area contributed by atoms with Gasteiger partial charge in [-0.15, -0.1) is 0 Å². The second kappa shape index (κ2) is 6.45. The van der Waals surface area contributed by atoms with Gasteiger partial charge in [0, 0.05) is 29.4 Å². The molecule has 9 nitrogen and oxygen atoms in total. The van der Waals surface area contributed by atoms with Crippen molar-refractivity contribution in [3.63, 3.8) is 0 Å². The summed E-state index contributed by atoms with van der Waals surface area (Å²) in [5.74, 6) is -2.87. The maximum atomic E-state index is 13.7. The number of imide groups is 1. The van der Waals surface area contributed by atoms with Crippen molar-refractivity contribution in [2.45, 2.75) is 25.4 Å². The highest BCUT2D eigenvalue weighted by Gasteiger charge is 2.70. The Bertz CT molecular complexity index is 1140. The number of rotatable bonds is 3. The standard InChI is InChI=1S/C22H20N4O5/c1-11(2)18-16-17(22(24-18)14-5-3-4-6-15(14)23-21(22)29)20(28)25(19(16)27)12-7-9-13(10-8-12)26(30)31/h3-11,16-18,24H,1-2H3,(H,23,29)/t16-,17+,18-,22-/m0/s1. The van der Waals surface area contributed by atoms with Gasteiger partial charge in [-0.2, -0.15) is 0 Å². The molecule has 3 amide bonds. The first-order valence-corrected chi connectivity index (χ1v) is 10.1.